The van der Waals surface area contributed by atoms with Gasteiger partial charge in [0.1, 0.15) is 0 Å². The zero-order valence-electron chi connectivity index (χ0n) is 11.4. The van der Waals surface area contributed by atoms with Gasteiger partial charge < -0.3 is 10.2 Å². The van der Waals surface area contributed by atoms with E-state index in [4.69, 9.17) is 0 Å². The van der Waals surface area contributed by atoms with Crippen molar-refractivity contribution in [2.24, 2.45) is 17.3 Å². The molecule has 2 heteroatoms. The molecule has 2 rings (SSSR count). The van der Waals surface area contributed by atoms with Crippen LogP contribution in [0.15, 0.2) is 0 Å². The van der Waals surface area contributed by atoms with Gasteiger partial charge in [-0.2, -0.15) is 0 Å². The van der Waals surface area contributed by atoms with Gasteiger partial charge in [-0.25, -0.2) is 0 Å². The summed E-state index contributed by atoms with van der Waals surface area (Å²) in [7, 11) is 0. The maximum atomic E-state index is 3.68. The first kappa shape index (κ1) is 12.4. The molecule has 0 bridgehead atoms. The largest absolute Gasteiger partial charge is 0.311 e. The Balaban J connectivity index is 1.80. The molecule has 0 spiro atoms. The lowest BCUT2D eigenvalue weighted by Gasteiger charge is -2.38. The SMILES string of the molecule is CC(CN1CCNC(C2CC2)C1)C(C)(C)C. The highest BCUT2D eigenvalue weighted by atomic mass is 15.2. The van der Waals surface area contributed by atoms with Crippen LogP contribution in [0.4, 0.5) is 0 Å². The van der Waals surface area contributed by atoms with Crippen LogP contribution in [-0.2, 0) is 0 Å². The third kappa shape index (κ3) is 3.21. The third-order valence-electron chi connectivity index (χ3n) is 4.49. The minimum atomic E-state index is 0.444. The van der Waals surface area contributed by atoms with Crippen LogP contribution in [0.1, 0.15) is 40.5 Å². The van der Waals surface area contributed by atoms with Crippen LogP contribution in [-0.4, -0.2) is 37.1 Å². The Morgan fingerprint density at radius 1 is 1.31 bits per heavy atom. The normalized spacial score (nSPS) is 30.4. The maximum absolute atomic E-state index is 3.68. The number of hydrogen-bond acceptors (Lipinski definition) is 2. The first-order valence-corrected chi connectivity index (χ1v) is 6.92. The Labute approximate surface area is 101 Å². The van der Waals surface area contributed by atoms with Crippen molar-refractivity contribution in [2.45, 2.75) is 46.6 Å². The number of piperazine rings is 1. The van der Waals surface area contributed by atoms with Gasteiger partial charge in [0, 0.05) is 32.2 Å². The zero-order chi connectivity index (χ0) is 11.8. The molecule has 2 aliphatic rings. The lowest BCUT2D eigenvalue weighted by Crippen LogP contribution is -2.53. The van der Waals surface area contributed by atoms with Gasteiger partial charge in [0.2, 0.25) is 0 Å². The highest BCUT2D eigenvalue weighted by Gasteiger charge is 2.34. The maximum Gasteiger partial charge on any atom is 0.0223 e. The van der Waals surface area contributed by atoms with Gasteiger partial charge in [-0.15, -0.1) is 0 Å². The van der Waals surface area contributed by atoms with Crippen molar-refractivity contribution in [1.82, 2.24) is 10.2 Å². The summed E-state index contributed by atoms with van der Waals surface area (Å²) in [6, 6.07) is 0.793. The molecule has 16 heavy (non-hydrogen) atoms. The summed E-state index contributed by atoms with van der Waals surface area (Å²) in [4.78, 5) is 2.68. The minimum Gasteiger partial charge on any atom is -0.311 e. The lowest BCUT2D eigenvalue weighted by atomic mass is 9.81. The van der Waals surface area contributed by atoms with Crippen molar-refractivity contribution in [3.05, 3.63) is 0 Å². The smallest absolute Gasteiger partial charge is 0.0223 e. The predicted molar refractivity (Wildman–Crippen MR) is 69.6 cm³/mol. The standard InChI is InChI=1S/C14H28N2/c1-11(14(2,3)4)9-16-8-7-15-13(10-16)12-5-6-12/h11-13,15H,5-10H2,1-4H3. The lowest BCUT2D eigenvalue weighted by molar-refractivity contribution is 0.125. The van der Waals surface area contributed by atoms with Gasteiger partial charge >= 0.3 is 0 Å². The van der Waals surface area contributed by atoms with Crippen molar-refractivity contribution in [2.75, 3.05) is 26.2 Å². The molecule has 2 fully saturated rings. The molecule has 0 aromatic carbocycles. The first-order valence-electron chi connectivity index (χ1n) is 6.92. The molecule has 0 amide bonds. The predicted octanol–water partition coefficient (Wildman–Crippen LogP) is 2.35. The molecule has 0 aromatic heterocycles. The summed E-state index contributed by atoms with van der Waals surface area (Å²) in [6.45, 7) is 14.5. The molecular weight excluding hydrogens is 196 g/mol. The van der Waals surface area contributed by atoms with Gasteiger partial charge in [-0.1, -0.05) is 27.7 Å². The second-order valence-electron chi connectivity index (χ2n) is 6.92. The van der Waals surface area contributed by atoms with Crippen LogP contribution in [0.2, 0.25) is 0 Å². The molecule has 0 radical (unpaired) electrons. The van der Waals surface area contributed by atoms with Crippen LogP contribution in [0.5, 0.6) is 0 Å². The molecule has 1 heterocycles. The minimum absolute atomic E-state index is 0.444. The number of rotatable bonds is 3. The van der Waals surface area contributed by atoms with Gasteiger partial charge in [0.25, 0.3) is 0 Å². The van der Waals surface area contributed by atoms with Crippen LogP contribution in [0, 0.1) is 17.3 Å². The van der Waals surface area contributed by atoms with Gasteiger partial charge in [0.05, 0.1) is 0 Å². The molecule has 94 valence electrons. The topological polar surface area (TPSA) is 15.3 Å². The molecule has 1 aliphatic heterocycles. The van der Waals surface area contributed by atoms with Crippen molar-refractivity contribution in [3.8, 4) is 0 Å². The summed E-state index contributed by atoms with van der Waals surface area (Å²) < 4.78 is 0. The van der Waals surface area contributed by atoms with E-state index in [-0.39, 0.29) is 0 Å². The van der Waals surface area contributed by atoms with E-state index < -0.39 is 0 Å². The second kappa shape index (κ2) is 4.66. The fourth-order valence-electron chi connectivity index (χ4n) is 2.48. The summed E-state index contributed by atoms with van der Waals surface area (Å²) in [5, 5.41) is 3.68. The monoisotopic (exact) mass is 224 g/mol. The van der Waals surface area contributed by atoms with Gasteiger partial charge in [0.15, 0.2) is 0 Å². The highest BCUT2D eigenvalue weighted by molar-refractivity contribution is 4.91. The summed E-state index contributed by atoms with van der Waals surface area (Å²) >= 11 is 0. The molecule has 2 unspecified atom stereocenters. The average Bonchev–Trinajstić information content (AvgIpc) is 2.99. The first-order chi connectivity index (χ1) is 7.47. The summed E-state index contributed by atoms with van der Waals surface area (Å²) in [5.74, 6) is 1.78. The van der Waals surface area contributed by atoms with Crippen molar-refractivity contribution >= 4 is 0 Å². The van der Waals surface area contributed by atoms with Crippen LogP contribution >= 0.6 is 0 Å². The van der Waals surface area contributed by atoms with E-state index in [1.54, 1.807) is 0 Å². The Morgan fingerprint density at radius 3 is 2.56 bits per heavy atom. The van der Waals surface area contributed by atoms with Crippen LogP contribution in [0.3, 0.4) is 0 Å². The summed E-state index contributed by atoms with van der Waals surface area (Å²) in [6.07, 6.45) is 2.92. The quantitative estimate of drug-likeness (QED) is 0.791. The molecular formula is C14H28N2. The number of hydrogen-bond donors (Lipinski definition) is 1. The Morgan fingerprint density at radius 2 is 2.00 bits per heavy atom. The van der Waals surface area contributed by atoms with E-state index in [1.807, 2.05) is 0 Å². The Bertz CT molecular complexity index is 227. The van der Waals surface area contributed by atoms with Crippen molar-refractivity contribution < 1.29 is 0 Å². The van der Waals surface area contributed by atoms with E-state index in [2.05, 4.69) is 37.9 Å². The Hall–Kier alpha value is -0.0800. The average molecular weight is 224 g/mol. The van der Waals surface area contributed by atoms with E-state index in [1.165, 1.54) is 39.0 Å². The van der Waals surface area contributed by atoms with Crippen LogP contribution in [0.25, 0.3) is 0 Å². The van der Waals surface area contributed by atoms with Crippen molar-refractivity contribution in [3.63, 3.8) is 0 Å². The third-order valence-corrected chi connectivity index (χ3v) is 4.49. The fraction of sp³-hybridized carbons (Fsp3) is 1.00. The Kier molecular flexibility index (Phi) is 3.60. The van der Waals surface area contributed by atoms with Crippen LogP contribution < -0.4 is 5.32 Å². The second-order valence-corrected chi connectivity index (χ2v) is 6.92. The summed E-state index contributed by atoms with van der Waals surface area (Å²) in [5.41, 5.74) is 0.444. The van der Waals surface area contributed by atoms with E-state index in [0.717, 1.165) is 17.9 Å². The number of nitrogens with one attached hydrogen (secondary N) is 1. The fourth-order valence-corrected chi connectivity index (χ4v) is 2.48. The molecule has 0 aromatic rings. The van der Waals surface area contributed by atoms with Gasteiger partial charge in [-0.05, 0) is 30.1 Å². The van der Waals surface area contributed by atoms with E-state index >= 15 is 0 Å². The van der Waals surface area contributed by atoms with E-state index in [0.29, 0.717) is 5.41 Å². The van der Waals surface area contributed by atoms with E-state index in [9.17, 15) is 0 Å². The molecule has 1 saturated carbocycles. The zero-order valence-corrected chi connectivity index (χ0v) is 11.4. The van der Waals surface area contributed by atoms with Gasteiger partial charge in [-0.3, -0.25) is 0 Å². The molecule has 2 atom stereocenters. The molecule has 1 saturated heterocycles. The molecule has 1 N–H and O–H groups in total. The number of nitrogens with zero attached hydrogens (tertiary/aromatic N) is 1. The molecule has 2 nitrogen and oxygen atoms in total. The highest BCUT2D eigenvalue weighted by Crippen LogP contribution is 2.34. The van der Waals surface area contributed by atoms with Crippen molar-refractivity contribution in [1.29, 1.82) is 0 Å². The molecule has 1 aliphatic carbocycles.